The average molecular weight is 268 g/mol. The van der Waals surface area contributed by atoms with E-state index in [-0.39, 0.29) is 17.4 Å². The summed E-state index contributed by atoms with van der Waals surface area (Å²) in [6, 6.07) is 11.1. The molecule has 2 aromatic rings. The first kappa shape index (κ1) is 12.7. The summed E-state index contributed by atoms with van der Waals surface area (Å²) in [7, 11) is 0. The second-order valence-corrected chi connectivity index (χ2v) is 5.26. The van der Waals surface area contributed by atoms with Crippen LogP contribution in [-0.4, -0.2) is 16.9 Å². The summed E-state index contributed by atoms with van der Waals surface area (Å²) in [4.78, 5) is 26.5. The molecule has 1 aromatic carbocycles. The SMILES string of the molecule is Cc1cc(=O)cc(C(=O)NC2Cc3ccccc3C2)[nH]1. The minimum absolute atomic E-state index is 0.101. The average Bonchev–Trinajstić information content (AvgIpc) is 2.79. The van der Waals surface area contributed by atoms with Gasteiger partial charge >= 0.3 is 0 Å². The van der Waals surface area contributed by atoms with Gasteiger partial charge in [0, 0.05) is 23.9 Å². The topological polar surface area (TPSA) is 62.0 Å². The lowest BCUT2D eigenvalue weighted by Crippen LogP contribution is -2.36. The number of rotatable bonds is 2. The molecule has 0 radical (unpaired) electrons. The van der Waals surface area contributed by atoms with Crippen LogP contribution in [0.4, 0.5) is 0 Å². The molecule has 0 saturated carbocycles. The molecule has 4 heteroatoms. The van der Waals surface area contributed by atoms with Crippen molar-refractivity contribution in [3.8, 4) is 0 Å². The molecule has 0 spiro atoms. The molecule has 0 aliphatic heterocycles. The number of H-pyrrole nitrogens is 1. The molecular weight excluding hydrogens is 252 g/mol. The van der Waals surface area contributed by atoms with Gasteiger partial charge in [-0.25, -0.2) is 0 Å². The summed E-state index contributed by atoms with van der Waals surface area (Å²) in [6.45, 7) is 1.77. The summed E-state index contributed by atoms with van der Waals surface area (Å²) < 4.78 is 0. The third-order valence-electron chi connectivity index (χ3n) is 3.61. The maximum atomic E-state index is 12.2. The van der Waals surface area contributed by atoms with Crippen molar-refractivity contribution in [2.24, 2.45) is 0 Å². The van der Waals surface area contributed by atoms with Crippen molar-refractivity contribution in [1.29, 1.82) is 0 Å². The van der Waals surface area contributed by atoms with Gasteiger partial charge in [-0.15, -0.1) is 0 Å². The maximum absolute atomic E-state index is 12.2. The number of aromatic nitrogens is 1. The van der Waals surface area contributed by atoms with Gasteiger partial charge < -0.3 is 10.3 Å². The highest BCUT2D eigenvalue weighted by Crippen LogP contribution is 2.21. The fraction of sp³-hybridized carbons (Fsp3) is 0.250. The number of aryl methyl sites for hydroxylation is 1. The van der Waals surface area contributed by atoms with Crippen LogP contribution in [0.25, 0.3) is 0 Å². The largest absolute Gasteiger partial charge is 0.354 e. The van der Waals surface area contributed by atoms with E-state index in [4.69, 9.17) is 0 Å². The van der Waals surface area contributed by atoms with Crippen molar-refractivity contribution in [3.05, 3.63) is 69.1 Å². The zero-order chi connectivity index (χ0) is 14.1. The number of hydrogen-bond donors (Lipinski definition) is 2. The standard InChI is InChI=1S/C16H16N2O2/c1-10-6-14(19)9-15(17-10)16(20)18-13-7-11-4-2-3-5-12(11)8-13/h2-6,9,13H,7-8H2,1H3,(H,17,19)(H,18,20). The number of pyridine rings is 1. The molecule has 1 aliphatic carbocycles. The molecule has 1 aromatic heterocycles. The molecule has 1 amide bonds. The van der Waals surface area contributed by atoms with Gasteiger partial charge in [0.15, 0.2) is 5.43 Å². The smallest absolute Gasteiger partial charge is 0.268 e. The van der Waals surface area contributed by atoms with E-state index in [9.17, 15) is 9.59 Å². The number of carbonyl (C=O) groups is 1. The molecule has 0 saturated heterocycles. The number of carbonyl (C=O) groups excluding carboxylic acids is 1. The summed E-state index contributed by atoms with van der Waals surface area (Å²) in [6.07, 6.45) is 1.69. The summed E-state index contributed by atoms with van der Waals surface area (Å²) in [5, 5.41) is 2.99. The molecule has 0 atom stereocenters. The highest BCUT2D eigenvalue weighted by atomic mass is 16.2. The first-order valence-electron chi connectivity index (χ1n) is 6.70. The van der Waals surface area contributed by atoms with E-state index in [1.807, 2.05) is 12.1 Å². The van der Waals surface area contributed by atoms with Crippen molar-refractivity contribution >= 4 is 5.91 Å². The molecule has 1 aliphatic rings. The molecule has 0 fully saturated rings. The third kappa shape index (κ3) is 2.50. The molecule has 0 bridgehead atoms. The Morgan fingerprint density at radius 1 is 1.20 bits per heavy atom. The Kier molecular flexibility index (Phi) is 3.14. The number of hydrogen-bond acceptors (Lipinski definition) is 2. The van der Waals surface area contributed by atoms with Gasteiger partial charge in [0.1, 0.15) is 5.69 Å². The first-order chi connectivity index (χ1) is 9.61. The van der Waals surface area contributed by atoms with Gasteiger partial charge in [-0.3, -0.25) is 9.59 Å². The monoisotopic (exact) mass is 268 g/mol. The van der Waals surface area contributed by atoms with Crippen LogP contribution < -0.4 is 10.7 Å². The van der Waals surface area contributed by atoms with Crippen LogP contribution in [0.3, 0.4) is 0 Å². The minimum Gasteiger partial charge on any atom is -0.354 e. The van der Waals surface area contributed by atoms with Gasteiger partial charge in [-0.1, -0.05) is 24.3 Å². The fourth-order valence-corrected chi connectivity index (χ4v) is 2.73. The molecule has 2 N–H and O–H groups in total. The zero-order valence-electron chi connectivity index (χ0n) is 11.3. The summed E-state index contributed by atoms with van der Waals surface area (Å²) in [5.74, 6) is -0.219. The molecule has 1 heterocycles. The van der Waals surface area contributed by atoms with Gasteiger partial charge in [-0.2, -0.15) is 0 Å². The predicted octanol–water partition coefficient (Wildman–Crippen LogP) is 1.58. The Morgan fingerprint density at radius 2 is 1.85 bits per heavy atom. The minimum atomic E-state index is -0.219. The van der Waals surface area contributed by atoms with E-state index >= 15 is 0 Å². The highest BCUT2D eigenvalue weighted by molar-refractivity contribution is 5.92. The number of aromatic amines is 1. The van der Waals surface area contributed by atoms with Crippen molar-refractivity contribution in [2.75, 3.05) is 0 Å². The Labute approximate surface area is 116 Å². The van der Waals surface area contributed by atoms with Crippen LogP contribution in [0.5, 0.6) is 0 Å². The third-order valence-corrected chi connectivity index (χ3v) is 3.61. The van der Waals surface area contributed by atoms with Gasteiger partial charge in [0.05, 0.1) is 0 Å². The van der Waals surface area contributed by atoms with E-state index in [0.717, 1.165) is 12.8 Å². The first-order valence-corrected chi connectivity index (χ1v) is 6.70. The van der Waals surface area contributed by atoms with E-state index in [1.165, 1.54) is 23.3 Å². The number of amides is 1. The Hall–Kier alpha value is -2.36. The van der Waals surface area contributed by atoms with Crippen molar-refractivity contribution in [3.63, 3.8) is 0 Å². The number of fused-ring (bicyclic) bond motifs is 1. The van der Waals surface area contributed by atoms with Crippen LogP contribution in [0.1, 0.15) is 27.3 Å². The Morgan fingerprint density at radius 3 is 2.45 bits per heavy atom. The second kappa shape index (κ2) is 4.96. The predicted molar refractivity (Wildman–Crippen MR) is 76.9 cm³/mol. The second-order valence-electron chi connectivity index (χ2n) is 5.26. The molecule has 20 heavy (non-hydrogen) atoms. The molecule has 102 valence electrons. The van der Waals surface area contributed by atoms with Crippen LogP contribution in [0.15, 0.2) is 41.2 Å². The molecular formula is C16H16N2O2. The van der Waals surface area contributed by atoms with E-state index < -0.39 is 0 Å². The van der Waals surface area contributed by atoms with Crippen LogP contribution in [-0.2, 0) is 12.8 Å². The number of nitrogens with one attached hydrogen (secondary N) is 2. The summed E-state index contributed by atoms with van der Waals surface area (Å²) in [5.41, 5.74) is 3.44. The zero-order valence-corrected chi connectivity index (χ0v) is 11.3. The van der Waals surface area contributed by atoms with Gasteiger partial charge in [0.2, 0.25) is 0 Å². The van der Waals surface area contributed by atoms with E-state index in [2.05, 4.69) is 22.4 Å². The molecule has 4 nitrogen and oxygen atoms in total. The van der Waals surface area contributed by atoms with E-state index in [0.29, 0.717) is 11.4 Å². The number of benzene rings is 1. The van der Waals surface area contributed by atoms with Crippen molar-refractivity contribution < 1.29 is 4.79 Å². The van der Waals surface area contributed by atoms with Crippen molar-refractivity contribution in [2.45, 2.75) is 25.8 Å². The molecule has 0 unspecified atom stereocenters. The molecule has 3 rings (SSSR count). The Balaban J connectivity index is 1.73. The lowest BCUT2D eigenvalue weighted by Gasteiger charge is -2.12. The fourth-order valence-electron chi connectivity index (χ4n) is 2.73. The highest BCUT2D eigenvalue weighted by Gasteiger charge is 2.23. The lowest BCUT2D eigenvalue weighted by atomic mass is 10.1. The van der Waals surface area contributed by atoms with Gasteiger partial charge in [0.25, 0.3) is 5.91 Å². The van der Waals surface area contributed by atoms with E-state index in [1.54, 1.807) is 6.92 Å². The van der Waals surface area contributed by atoms with Crippen molar-refractivity contribution in [1.82, 2.24) is 10.3 Å². The maximum Gasteiger partial charge on any atom is 0.268 e. The Bertz CT molecular complexity index is 693. The lowest BCUT2D eigenvalue weighted by molar-refractivity contribution is 0.0933. The van der Waals surface area contributed by atoms with Crippen LogP contribution >= 0.6 is 0 Å². The van der Waals surface area contributed by atoms with Crippen LogP contribution in [0, 0.1) is 6.92 Å². The normalized spacial score (nSPS) is 14.1. The quantitative estimate of drug-likeness (QED) is 0.868. The van der Waals surface area contributed by atoms with Gasteiger partial charge in [-0.05, 0) is 30.9 Å². The van der Waals surface area contributed by atoms with Crippen LogP contribution in [0.2, 0.25) is 0 Å². The summed E-state index contributed by atoms with van der Waals surface area (Å²) >= 11 is 0.